The van der Waals surface area contributed by atoms with Crippen LogP contribution in [0.2, 0.25) is 0 Å². The van der Waals surface area contributed by atoms with Crippen molar-refractivity contribution in [3.63, 3.8) is 0 Å². The second kappa shape index (κ2) is 21.9. The number of benzene rings is 2. The fraction of sp³-hybridized carbons (Fsp3) is 0.410. The molecule has 2 aromatic rings. The van der Waals surface area contributed by atoms with E-state index in [1.165, 1.54) is 31.4 Å². The van der Waals surface area contributed by atoms with Crippen molar-refractivity contribution in [1.82, 2.24) is 0 Å². The zero-order chi connectivity index (χ0) is 32.8. The monoisotopic (exact) mass is 614 g/mol. The molecule has 0 fully saturated rings. The second-order valence-corrected chi connectivity index (χ2v) is 11.3. The summed E-state index contributed by atoms with van der Waals surface area (Å²) in [6.07, 6.45) is 20.2. The van der Waals surface area contributed by atoms with Crippen LogP contribution in [-0.4, -0.2) is 50.5 Å². The van der Waals surface area contributed by atoms with Gasteiger partial charge >= 0.3 is 0 Å². The molecular formula is C39H50O6. The third-order valence-corrected chi connectivity index (χ3v) is 7.64. The molecule has 0 saturated carbocycles. The van der Waals surface area contributed by atoms with Crippen LogP contribution in [0.25, 0.3) is 12.2 Å². The number of Topliss-reactive ketones (excluding diaryl/α,β-unsaturated/α-hetero) is 1. The highest BCUT2D eigenvalue weighted by Crippen LogP contribution is 2.22. The van der Waals surface area contributed by atoms with E-state index in [2.05, 4.69) is 31.2 Å². The van der Waals surface area contributed by atoms with E-state index in [1.807, 2.05) is 0 Å². The van der Waals surface area contributed by atoms with Crippen molar-refractivity contribution in [1.29, 1.82) is 0 Å². The van der Waals surface area contributed by atoms with Gasteiger partial charge in [-0.25, -0.2) is 0 Å². The molecule has 0 aliphatic carbocycles. The Balaban J connectivity index is 1.89. The summed E-state index contributed by atoms with van der Waals surface area (Å²) in [6.45, 7) is 2.21. The lowest BCUT2D eigenvalue weighted by atomic mass is 9.82. The van der Waals surface area contributed by atoms with Gasteiger partial charge in [0.15, 0.2) is 17.3 Å². The van der Waals surface area contributed by atoms with Gasteiger partial charge in [0.25, 0.3) is 0 Å². The van der Waals surface area contributed by atoms with Gasteiger partial charge < -0.3 is 15.3 Å². The average molecular weight is 615 g/mol. The molecule has 6 heteroatoms. The molecule has 6 nitrogen and oxygen atoms in total. The molecule has 0 aliphatic heterocycles. The van der Waals surface area contributed by atoms with Gasteiger partial charge in [-0.15, -0.1) is 0 Å². The van der Waals surface area contributed by atoms with Crippen molar-refractivity contribution in [2.45, 2.75) is 102 Å². The molecule has 0 bridgehead atoms. The van der Waals surface area contributed by atoms with Gasteiger partial charge in [0, 0.05) is 6.42 Å². The Hall–Kier alpha value is -3.71. The van der Waals surface area contributed by atoms with Gasteiger partial charge in [0.1, 0.15) is 12.2 Å². The first kappa shape index (κ1) is 37.5. The van der Waals surface area contributed by atoms with Gasteiger partial charge in [-0.05, 0) is 61.8 Å². The summed E-state index contributed by atoms with van der Waals surface area (Å²) in [6, 6.07) is 17.5. The third kappa shape index (κ3) is 13.9. The first-order valence-corrected chi connectivity index (χ1v) is 16.3. The van der Waals surface area contributed by atoms with Crippen LogP contribution in [0.4, 0.5) is 0 Å². The van der Waals surface area contributed by atoms with E-state index in [9.17, 15) is 29.7 Å². The predicted octanol–water partition coefficient (Wildman–Crippen LogP) is 7.39. The molecule has 242 valence electrons. The van der Waals surface area contributed by atoms with E-state index < -0.39 is 35.2 Å². The molecule has 45 heavy (non-hydrogen) atoms. The Morgan fingerprint density at radius 2 is 1.13 bits per heavy atom. The predicted molar refractivity (Wildman–Crippen MR) is 182 cm³/mol. The molecular weight excluding hydrogens is 564 g/mol. The Labute approximate surface area is 268 Å². The summed E-state index contributed by atoms with van der Waals surface area (Å²) < 4.78 is 0. The van der Waals surface area contributed by atoms with Crippen LogP contribution in [0.5, 0.6) is 0 Å². The van der Waals surface area contributed by atoms with Gasteiger partial charge in [0.2, 0.25) is 5.60 Å². The molecule has 0 aromatic heterocycles. The van der Waals surface area contributed by atoms with E-state index in [4.69, 9.17) is 0 Å². The Kier molecular flexibility index (Phi) is 18.2. The van der Waals surface area contributed by atoms with Crippen molar-refractivity contribution in [2.75, 3.05) is 0 Å². The fourth-order valence-corrected chi connectivity index (χ4v) is 4.80. The average Bonchev–Trinajstić information content (AvgIpc) is 3.07. The molecule has 0 aliphatic rings. The zero-order valence-corrected chi connectivity index (χ0v) is 26.6. The maximum atomic E-state index is 13.2. The number of carbonyl (C=O) groups is 3. The Morgan fingerprint density at radius 3 is 1.64 bits per heavy atom. The number of rotatable bonds is 23. The lowest BCUT2D eigenvalue weighted by molar-refractivity contribution is -0.169. The smallest absolute Gasteiger partial charge is 0.218 e. The number of aliphatic hydroxyl groups excluding tert-OH is 2. The maximum Gasteiger partial charge on any atom is 0.218 e. The van der Waals surface area contributed by atoms with E-state index in [-0.39, 0.29) is 6.42 Å². The summed E-state index contributed by atoms with van der Waals surface area (Å²) in [7, 11) is 0. The highest BCUT2D eigenvalue weighted by Gasteiger charge is 2.51. The molecule has 3 N–H and O–H groups in total. The molecule has 0 spiro atoms. The third-order valence-electron chi connectivity index (χ3n) is 7.64. The van der Waals surface area contributed by atoms with Crippen molar-refractivity contribution >= 4 is 29.5 Å². The van der Waals surface area contributed by atoms with Crippen LogP contribution >= 0.6 is 0 Å². The van der Waals surface area contributed by atoms with Crippen molar-refractivity contribution in [2.24, 2.45) is 0 Å². The molecule has 0 radical (unpaired) electrons. The summed E-state index contributed by atoms with van der Waals surface area (Å²) >= 11 is 0. The summed E-state index contributed by atoms with van der Waals surface area (Å²) in [5.41, 5.74) is -1.79. The highest BCUT2D eigenvalue weighted by atomic mass is 16.4. The molecule has 2 rings (SSSR count). The Morgan fingerprint density at radius 1 is 0.667 bits per heavy atom. The number of aliphatic hydroxyl groups is 3. The van der Waals surface area contributed by atoms with E-state index in [0.29, 0.717) is 17.5 Å². The first-order chi connectivity index (χ1) is 21.8. The number of hydrogen-bond acceptors (Lipinski definition) is 6. The number of allylic oxidation sites excluding steroid dienone is 4. The molecule has 0 amide bonds. The van der Waals surface area contributed by atoms with Gasteiger partial charge in [-0.2, -0.15) is 0 Å². The second-order valence-electron chi connectivity index (χ2n) is 11.3. The minimum absolute atomic E-state index is 0.0408. The number of unbranched alkanes of at least 4 members (excludes halogenated alkanes) is 8. The van der Waals surface area contributed by atoms with Crippen LogP contribution in [0, 0.1) is 0 Å². The standard InChI is InChI=1S/C39H50O6/c1-2-3-4-5-6-7-8-9-10-11-12-13-14-15-22-27-34(40)37(43)38(44)39(45,35(41)30-28-32-23-18-16-19-24-32)36(42)31-29-33-25-20-17-21-26-33/h6-7,9-10,16-21,23-26,28-31,37-38,43-45H,2-5,8,11-15,22,27H2,1H3/b7-6-,10-9-,30-28?,31-29?. The van der Waals surface area contributed by atoms with Crippen LogP contribution in [0.15, 0.2) is 97.1 Å². The lowest BCUT2D eigenvalue weighted by Crippen LogP contribution is -2.60. The topological polar surface area (TPSA) is 112 Å². The van der Waals surface area contributed by atoms with Gasteiger partial charge in [-0.3, -0.25) is 14.4 Å². The van der Waals surface area contributed by atoms with Crippen LogP contribution in [0.1, 0.15) is 95.1 Å². The van der Waals surface area contributed by atoms with E-state index in [1.54, 1.807) is 60.7 Å². The number of ketones is 3. The largest absolute Gasteiger partial charge is 0.386 e. The fourth-order valence-electron chi connectivity index (χ4n) is 4.80. The summed E-state index contributed by atoms with van der Waals surface area (Å²) in [4.78, 5) is 39.1. The van der Waals surface area contributed by atoms with Crippen LogP contribution < -0.4 is 0 Å². The normalized spacial score (nSPS) is 14.8. The SMILES string of the molecule is CCCCC/C=C\C/C=C\CCCCCCCC(=O)C(O)C(O)C(O)(C(=O)C=Cc1ccccc1)C(=O)C=Cc1ccccc1. The Bertz CT molecular complexity index is 1200. The number of hydrogen-bond donors (Lipinski definition) is 3. The van der Waals surface area contributed by atoms with Gasteiger partial charge in [-0.1, -0.05) is 136 Å². The maximum absolute atomic E-state index is 13.2. The highest BCUT2D eigenvalue weighted by molar-refractivity contribution is 6.21. The van der Waals surface area contributed by atoms with Crippen molar-refractivity contribution in [3.05, 3.63) is 108 Å². The van der Waals surface area contributed by atoms with Gasteiger partial charge in [0.05, 0.1) is 0 Å². The number of carbonyl (C=O) groups excluding carboxylic acids is 3. The summed E-state index contributed by atoms with van der Waals surface area (Å²) in [5.74, 6) is -3.00. The van der Waals surface area contributed by atoms with Crippen LogP contribution in [0.3, 0.4) is 0 Å². The van der Waals surface area contributed by atoms with Crippen LogP contribution in [-0.2, 0) is 14.4 Å². The molecule has 2 atom stereocenters. The molecule has 0 heterocycles. The molecule has 2 aromatic carbocycles. The zero-order valence-electron chi connectivity index (χ0n) is 26.6. The summed E-state index contributed by atoms with van der Waals surface area (Å²) in [5, 5.41) is 32.9. The van der Waals surface area contributed by atoms with Crippen molar-refractivity contribution < 1.29 is 29.7 Å². The van der Waals surface area contributed by atoms with E-state index in [0.717, 1.165) is 57.1 Å². The van der Waals surface area contributed by atoms with Crippen molar-refractivity contribution in [3.8, 4) is 0 Å². The van der Waals surface area contributed by atoms with E-state index >= 15 is 0 Å². The molecule has 2 unspecified atom stereocenters. The quantitative estimate of drug-likeness (QED) is 0.0521. The minimum Gasteiger partial charge on any atom is -0.386 e. The minimum atomic E-state index is -3.05. The lowest BCUT2D eigenvalue weighted by Gasteiger charge is -2.30. The first-order valence-electron chi connectivity index (χ1n) is 16.3. The molecule has 0 saturated heterocycles.